The average Bonchev–Trinajstić information content (AvgIpc) is 3.62. The molecule has 2 aromatic carbocycles. The highest BCUT2D eigenvalue weighted by molar-refractivity contribution is 7.12. The van der Waals surface area contributed by atoms with Crippen molar-refractivity contribution in [2.75, 3.05) is 11.4 Å². The Hall–Kier alpha value is -4.02. The Bertz CT molecular complexity index is 1380. The molecule has 37 heavy (non-hydrogen) atoms. The molecular weight excluding hydrogens is 524 g/mol. The van der Waals surface area contributed by atoms with Gasteiger partial charge in [-0.05, 0) is 59.5 Å². The second kappa shape index (κ2) is 11.8. The van der Waals surface area contributed by atoms with Crippen molar-refractivity contribution in [1.82, 2.24) is 10.6 Å². The van der Waals surface area contributed by atoms with Crippen molar-refractivity contribution in [2.45, 2.75) is 12.6 Å². The third-order valence-electron chi connectivity index (χ3n) is 5.29. The number of carbonyl (C=O) groups is 3. The topological polar surface area (TPSA) is 91.7 Å². The third-order valence-corrected chi connectivity index (χ3v) is 6.45. The van der Waals surface area contributed by atoms with Crippen LogP contribution in [-0.2, 0) is 16.1 Å². The van der Waals surface area contributed by atoms with Crippen LogP contribution in [0.1, 0.15) is 27.0 Å². The normalized spacial score (nSPS) is 11.5. The number of anilines is 1. The van der Waals surface area contributed by atoms with Gasteiger partial charge in [-0.3, -0.25) is 19.3 Å². The Labute approximate surface area is 219 Å². The molecule has 2 aromatic heterocycles. The summed E-state index contributed by atoms with van der Waals surface area (Å²) in [6, 6.07) is 14.2. The number of nitrogens with zero attached hydrogens (tertiary/aromatic N) is 1. The number of furan rings is 1. The maximum atomic E-state index is 13.9. The van der Waals surface area contributed by atoms with Crippen LogP contribution >= 0.6 is 22.9 Å². The van der Waals surface area contributed by atoms with E-state index in [-0.39, 0.29) is 23.0 Å². The third kappa shape index (κ3) is 6.41. The number of nitrogens with one attached hydrogen (secondary N) is 2. The zero-order chi connectivity index (χ0) is 26.4. The van der Waals surface area contributed by atoms with Crippen LogP contribution < -0.4 is 15.5 Å². The van der Waals surface area contributed by atoms with Crippen LogP contribution in [0, 0.1) is 11.6 Å². The molecule has 0 aliphatic heterocycles. The van der Waals surface area contributed by atoms with Gasteiger partial charge in [0.25, 0.3) is 11.8 Å². The number of hydrogen-bond acceptors (Lipinski definition) is 5. The molecule has 0 bridgehead atoms. The molecular formula is C26H20ClF2N3O4S. The van der Waals surface area contributed by atoms with Crippen LogP contribution in [-0.4, -0.2) is 24.3 Å². The second-order valence-electron chi connectivity index (χ2n) is 7.78. The molecule has 4 aromatic rings. The van der Waals surface area contributed by atoms with Gasteiger partial charge < -0.3 is 15.1 Å². The number of carbonyl (C=O) groups excluding carboxylic acids is 3. The highest BCUT2D eigenvalue weighted by Gasteiger charge is 2.35. The molecule has 4 rings (SSSR count). The molecule has 0 saturated heterocycles. The van der Waals surface area contributed by atoms with Crippen molar-refractivity contribution >= 4 is 46.3 Å². The molecule has 11 heteroatoms. The van der Waals surface area contributed by atoms with E-state index in [0.29, 0.717) is 10.4 Å². The molecule has 1 unspecified atom stereocenters. The van der Waals surface area contributed by atoms with E-state index in [1.54, 1.807) is 23.6 Å². The fraction of sp³-hybridized carbons (Fsp3) is 0.115. The van der Waals surface area contributed by atoms with Crippen LogP contribution in [0.5, 0.6) is 0 Å². The van der Waals surface area contributed by atoms with Gasteiger partial charge in [0.2, 0.25) is 5.91 Å². The molecule has 190 valence electrons. The Morgan fingerprint density at radius 2 is 1.78 bits per heavy atom. The zero-order valence-corrected chi connectivity index (χ0v) is 20.7. The summed E-state index contributed by atoms with van der Waals surface area (Å²) in [6.45, 7) is -0.425. The lowest BCUT2D eigenvalue weighted by molar-refractivity contribution is -0.126. The Morgan fingerprint density at radius 3 is 2.43 bits per heavy atom. The summed E-state index contributed by atoms with van der Waals surface area (Å²) in [7, 11) is 0. The minimum absolute atomic E-state index is 0.0393. The van der Waals surface area contributed by atoms with Crippen molar-refractivity contribution in [3.63, 3.8) is 0 Å². The molecule has 0 aliphatic rings. The summed E-state index contributed by atoms with van der Waals surface area (Å²) in [6.07, 6.45) is 1.34. The highest BCUT2D eigenvalue weighted by Crippen LogP contribution is 2.31. The minimum Gasteiger partial charge on any atom is -0.467 e. The smallest absolute Gasteiger partial charge is 0.261 e. The van der Waals surface area contributed by atoms with Crippen LogP contribution in [0.25, 0.3) is 0 Å². The summed E-state index contributed by atoms with van der Waals surface area (Å²) < 4.78 is 32.7. The standard InChI is InChI=1S/C26H20ClF2N3O4S/c27-19-13-18(9-10-20(19)29)32(23(33)15-31-25(34)22-4-2-12-37-22)24(21-3-1-11-36-21)26(35)30-14-16-5-7-17(28)8-6-16/h1-13,24H,14-15H2,(H,30,35)(H,31,34). The van der Waals surface area contributed by atoms with Crippen molar-refractivity contribution < 1.29 is 27.6 Å². The lowest BCUT2D eigenvalue weighted by Gasteiger charge is -2.30. The fourth-order valence-electron chi connectivity index (χ4n) is 3.52. The van der Waals surface area contributed by atoms with Gasteiger partial charge in [0.1, 0.15) is 17.4 Å². The fourth-order valence-corrected chi connectivity index (χ4v) is 4.33. The molecule has 7 nitrogen and oxygen atoms in total. The number of thiophene rings is 1. The first kappa shape index (κ1) is 26.1. The van der Waals surface area contributed by atoms with E-state index in [0.717, 1.165) is 11.0 Å². The van der Waals surface area contributed by atoms with E-state index in [1.165, 1.54) is 60.1 Å². The van der Waals surface area contributed by atoms with Gasteiger partial charge in [-0.1, -0.05) is 29.8 Å². The van der Waals surface area contributed by atoms with Crippen LogP contribution in [0.15, 0.2) is 82.8 Å². The van der Waals surface area contributed by atoms with Crippen molar-refractivity contribution in [3.05, 3.63) is 111 Å². The molecule has 2 heterocycles. The summed E-state index contributed by atoms with van der Waals surface area (Å²) in [5, 5.41) is 6.72. The average molecular weight is 544 g/mol. The summed E-state index contributed by atoms with van der Waals surface area (Å²) in [5.74, 6) is -2.77. The molecule has 0 saturated carbocycles. The van der Waals surface area contributed by atoms with E-state index in [4.69, 9.17) is 16.0 Å². The lowest BCUT2D eigenvalue weighted by Crippen LogP contribution is -2.47. The van der Waals surface area contributed by atoms with E-state index >= 15 is 0 Å². The minimum atomic E-state index is -1.33. The van der Waals surface area contributed by atoms with E-state index < -0.39 is 41.9 Å². The molecule has 0 aliphatic carbocycles. The predicted octanol–water partition coefficient (Wildman–Crippen LogP) is 5.09. The monoisotopic (exact) mass is 543 g/mol. The lowest BCUT2D eigenvalue weighted by atomic mass is 10.1. The number of benzene rings is 2. The molecule has 0 radical (unpaired) electrons. The van der Waals surface area contributed by atoms with Gasteiger partial charge >= 0.3 is 0 Å². The van der Waals surface area contributed by atoms with Gasteiger partial charge in [0.05, 0.1) is 22.7 Å². The maximum Gasteiger partial charge on any atom is 0.261 e. The largest absolute Gasteiger partial charge is 0.467 e. The van der Waals surface area contributed by atoms with E-state index in [1.807, 2.05) is 0 Å². The van der Waals surface area contributed by atoms with Crippen molar-refractivity contribution in [3.8, 4) is 0 Å². The van der Waals surface area contributed by atoms with Gasteiger partial charge in [-0.25, -0.2) is 8.78 Å². The zero-order valence-electron chi connectivity index (χ0n) is 19.1. The maximum absolute atomic E-state index is 13.9. The van der Waals surface area contributed by atoms with Crippen molar-refractivity contribution in [2.24, 2.45) is 0 Å². The first-order valence-corrected chi connectivity index (χ1v) is 12.2. The molecule has 2 N–H and O–H groups in total. The Morgan fingerprint density at radius 1 is 1.00 bits per heavy atom. The number of amides is 3. The SMILES string of the molecule is O=C(NCC(=O)N(c1ccc(F)c(Cl)c1)C(C(=O)NCc1ccc(F)cc1)c1ccco1)c1cccs1. The van der Waals surface area contributed by atoms with Crippen LogP contribution in [0.3, 0.4) is 0 Å². The number of rotatable bonds is 9. The summed E-state index contributed by atoms with van der Waals surface area (Å²) in [4.78, 5) is 40.8. The number of halogens is 3. The Kier molecular flexibility index (Phi) is 8.32. The van der Waals surface area contributed by atoms with Crippen LogP contribution in [0.4, 0.5) is 14.5 Å². The molecule has 0 spiro atoms. The first-order chi connectivity index (χ1) is 17.8. The quantitative estimate of drug-likeness (QED) is 0.307. The molecule has 0 fully saturated rings. The summed E-state index contributed by atoms with van der Waals surface area (Å²) >= 11 is 7.19. The first-order valence-electron chi connectivity index (χ1n) is 11.0. The summed E-state index contributed by atoms with van der Waals surface area (Å²) in [5.41, 5.74) is 0.735. The van der Waals surface area contributed by atoms with Crippen molar-refractivity contribution in [1.29, 1.82) is 0 Å². The van der Waals surface area contributed by atoms with E-state index in [9.17, 15) is 23.2 Å². The van der Waals surface area contributed by atoms with Crippen LogP contribution in [0.2, 0.25) is 5.02 Å². The highest BCUT2D eigenvalue weighted by atomic mass is 35.5. The molecule has 1 atom stereocenters. The van der Waals surface area contributed by atoms with Gasteiger partial charge in [0.15, 0.2) is 6.04 Å². The number of hydrogen-bond donors (Lipinski definition) is 2. The predicted molar refractivity (Wildman–Crippen MR) is 135 cm³/mol. The van der Waals surface area contributed by atoms with Gasteiger partial charge in [-0.15, -0.1) is 11.3 Å². The Balaban J connectivity index is 1.64. The second-order valence-corrected chi connectivity index (χ2v) is 9.14. The van der Waals surface area contributed by atoms with E-state index in [2.05, 4.69) is 10.6 Å². The van der Waals surface area contributed by atoms with Gasteiger partial charge in [0, 0.05) is 12.2 Å². The van der Waals surface area contributed by atoms with Gasteiger partial charge in [-0.2, -0.15) is 0 Å². The molecule has 3 amide bonds.